The van der Waals surface area contributed by atoms with Gasteiger partial charge in [-0.25, -0.2) is 0 Å². The molecule has 0 bridgehead atoms. The number of halogens is 1. The first-order valence-electron chi connectivity index (χ1n) is 9.45. The van der Waals surface area contributed by atoms with Gasteiger partial charge < -0.3 is 15.1 Å². The smallest absolute Gasteiger partial charge is 0.315 e. The number of hydrogen-bond acceptors (Lipinski definition) is 5. The Morgan fingerprint density at radius 1 is 1.04 bits per heavy atom. The van der Waals surface area contributed by atoms with Crippen LogP contribution in [-0.2, 0) is 0 Å². The van der Waals surface area contributed by atoms with Crippen LogP contribution in [0.4, 0.5) is 11.7 Å². The zero-order valence-electron chi connectivity index (χ0n) is 15.3. The quantitative estimate of drug-likeness (QED) is 0.604. The average Bonchev–Trinajstić information content (AvgIpc) is 3.17. The highest BCUT2D eigenvalue weighted by Crippen LogP contribution is 2.31. The third-order valence-electron chi connectivity index (χ3n) is 4.85. The Bertz CT molecular complexity index is 952. The number of rotatable bonds is 5. The summed E-state index contributed by atoms with van der Waals surface area (Å²) in [6.45, 7) is 0. The predicted octanol–water partition coefficient (Wildman–Crippen LogP) is 5.39. The molecule has 1 aliphatic carbocycles. The minimum atomic E-state index is -0.193. The summed E-state index contributed by atoms with van der Waals surface area (Å²) in [6, 6.07) is 15.0. The molecule has 1 heterocycles. The van der Waals surface area contributed by atoms with Crippen molar-refractivity contribution in [2.45, 2.75) is 38.1 Å². The number of benzene rings is 2. The molecule has 0 spiro atoms. The molecule has 1 aliphatic rings. The number of nitrogens with zero attached hydrogens (tertiary/aromatic N) is 2. The van der Waals surface area contributed by atoms with Crippen LogP contribution in [0.3, 0.4) is 0 Å². The van der Waals surface area contributed by atoms with Gasteiger partial charge in [0.05, 0.1) is 10.6 Å². The van der Waals surface area contributed by atoms with Gasteiger partial charge in [0, 0.05) is 17.3 Å². The Kier molecular flexibility index (Phi) is 5.58. The van der Waals surface area contributed by atoms with E-state index in [-0.39, 0.29) is 5.91 Å². The van der Waals surface area contributed by atoms with Gasteiger partial charge in [-0.05, 0) is 43.2 Å². The zero-order valence-corrected chi connectivity index (χ0v) is 16.1. The van der Waals surface area contributed by atoms with Crippen molar-refractivity contribution in [3.8, 4) is 11.5 Å². The minimum absolute atomic E-state index is 0.193. The first-order valence-corrected chi connectivity index (χ1v) is 9.83. The Morgan fingerprint density at radius 3 is 2.57 bits per heavy atom. The molecule has 1 amide bonds. The second-order valence-corrected chi connectivity index (χ2v) is 7.31. The average molecular weight is 397 g/mol. The second-order valence-electron chi connectivity index (χ2n) is 6.91. The van der Waals surface area contributed by atoms with Gasteiger partial charge in [0.25, 0.3) is 11.8 Å². The van der Waals surface area contributed by atoms with E-state index in [0.717, 1.165) is 12.8 Å². The summed E-state index contributed by atoms with van der Waals surface area (Å²) in [4.78, 5) is 12.3. The fraction of sp³-hybridized carbons (Fsp3) is 0.286. The van der Waals surface area contributed by atoms with Gasteiger partial charge in [-0.3, -0.25) is 4.79 Å². The van der Waals surface area contributed by atoms with Crippen LogP contribution in [0.1, 0.15) is 42.5 Å². The van der Waals surface area contributed by atoms with Crippen LogP contribution in [0.25, 0.3) is 11.5 Å². The molecule has 1 saturated carbocycles. The lowest BCUT2D eigenvalue weighted by molar-refractivity contribution is 0.102. The lowest BCUT2D eigenvalue weighted by Gasteiger charge is -2.21. The van der Waals surface area contributed by atoms with Gasteiger partial charge in [-0.15, -0.1) is 5.10 Å². The molecule has 6 nitrogen and oxygen atoms in total. The van der Waals surface area contributed by atoms with Crippen LogP contribution in [0.15, 0.2) is 52.9 Å². The molecule has 0 aliphatic heterocycles. The predicted molar refractivity (Wildman–Crippen MR) is 110 cm³/mol. The lowest BCUT2D eigenvalue weighted by atomic mass is 9.96. The van der Waals surface area contributed by atoms with Crippen LogP contribution in [0, 0.1) is 0 Å². The molecule has 0 saturated heterocycles. The Labute approximate surface area is 168 Å². The van der Waals surface area contributed by atoms with Crippen molar-refractivity contribution in [2.24, 2.45) is 0 Å². The summed E-state index contributed by atoms with van der Waals surface area (Å²) in [5, 5.41) is 14.8. The third-order valence-corrected chi connectivity index (χ3v) is 5.16. The highest BCUT2D eigenvalue weighted by atomic mass is 35.5. The molecule has 1 fully saturated rings. The van der Waals surface area contributed by atoms with E-state index in [0.29, 0.717) is 39.8 Å². The van der Waals surface area contributed by atoms with E-state index in [1.807, 2.05) is 18.2 Å². The maximum Gasteiger partial charge on any atom is 0.315 e. The summed E-state index contributed by atoms with van der Waals surface area (Å²) >= 11 is 6.40. The van der Waals surface area contributed by atoms with Crippen LogP contribution < -0.4 is 10.6 Å². The molecule has 3 aromatic rings. The van der Waals surface area contributed by atoms with E-state index in [1.165, 1.54) is 19.3 Å². The van der Waals surface area contributed by atoms with E-state index < -0.39 is 0 Å². The summed E-state index contributed by atoms with van der Waals surface area (Å²) in [6.07, 6.45) is 5.97. The van der Waals surface area contributed by atoms with Gasteiger partial charge >= 0.3 is 6.01 Å². The Hall–Kier alpha value is -2.86. The number of anilines is 2. The van der Waals surface area contributed by atoms with Crippen LogP contribution in [0.5, 0.6) is 0 Å². The fourth-order valence-corrected chi connectivity index (χ4v) is 3.63. The number of nitrogens with one attached hydrogen (secondary N) is 2. The summed E-state index contributed by atoms with van der Waals surface area (Å²) in [5.41, 5.74) is 1.81. The molecule has 0 radical (unpaired) electrons. The number of amides is 1. The zero-order chi connectivity index (χ0) is 19.3. The Balaban J connectivity index is 1.45. The van der Waals surface area contributed by atoms with Gasteiger partial charge in [0.2, 0.25) is 0 Å². The Morgan fingerprint density at radius 2 is 1.82 bits per heavy atom. The SMILES string of the molecule is O=C(Nc1ccc(-c2nnc(NC3CCCCC3)o2)c(Cl)c1)c1ccccc1. The van der Waals surface area contributed by atoms with Crippen molar-refractivity contribution in [1.82, 2.24) is 10.2 Å². The van der Waals surface area contributed by atoms with E-state index >= 15 is 0 Å². The molecule has 0 atom stereocenters. The van der Waals surface area contributed by atoms with E-state index in [1.54, 1.807) is 30.3 Å². The standard InChI is InChI=1S/C21H21ClN4O2/c22-18-13-16(23-19(27)14-7-3-1-4-8-14)11-12-17(18)20-25-26-21(28-20)24-15-9-5-2-6-10-15/h1,3-4,7-8,11-13,15H,2,5-6,9-10H2,(H,23,27)(H,24,26). The van der Waals surface area contributed by atoms with Crippen molar-refractivity contribution >= 4 is 29.2 Å². The van der Waals surface area contributed by atoms with E-state index in [4.69, 9.17) is 16.0 Å². The number of hydrogen-bond donors (Lipinski definition) is 2. The number of carbonyl (C=O) groups excluding carboxylic acids is 1. The summed E-state index contributed by atoms with van der Waals surface area (Å²) in [7, 11) is 0. The molecule has 2 aromatic carbocycles. The second kappa shape index (κ2) is 8.44. The summed E-state index contributed by atoms with van der Waals surface area (Å²) < 4.78 is 5.74. The van der Waals surface area contributed by atoms with E-state index in [2.05, 4.69) is 20.8 Å². The first kappa shape index (κ1) is 18.5. The molecule has 28 heavy (non-hydrogen) atoms. The highest BCUT2D eigenvalue weighted by Gasteiger charge is 2.18. The molecule has 144 valence electrons. The topological polar surface area (TPSA) is 80.0 Å². The monoisotopic (exact) mass is 396 g/mol. The van der Waals surface area contributed by atoms with Crippen molar-refractivity contribution in [1.29, 1.82) is 0 Å². The molecular weight excluding hydrogens is 376 g/mol. The van der Waals surface area contributed by atoms with Crippen molar-refractivity contribution < 1.29 is 9.21 Å². The molecule has 1 aromatic heterocycles. The molecule has 7 heteroatoms. The molecule has 4 rings (SSSR count). The molecule has 0 unspecified atom stereocenters. The first-order chi connectivity index (χ1) is 13.7. The van der Waals surface area contributed by atoms with Gasteiger partial charge in [0.1, 0.15) is 0 Å². The van der Waals surface area contributed by atoms with Gasteiger partial charge in [-0.1, -0.05) is 54.2 Å². The highest BCUT2D eigenvalue weighted by molar-refractivity contribution is 6.33. The molecule has 2 N–H and O–H groups in total. The van der Waals surface area contributed by atoms with Crippen molar-refractivity contribution in [2.75, 3.05) is 10.6 Å². The normalized spacial score (nSPS) is 14.6. The van der Waals surface area contributed by atoms with Gasteiger partial charge in [-0.2, -0.15) is 0 Å². The lowest BCUT2D eigenvalue weighted by Crippen LogP contribution is -2.22. The van der Waals surface area contributed by atoms with E-state index in [9.17, 15) is 4.79 Å². The van der Waals surface area contributed by atoms with Crippen molar-refractivity contribution in [3.63, 3.8) is 0 Å². The minimum Gasteiger partial charge on any atom is -0.403 e. The number of aromatic nitrogens is 2. The largest absolute Gasteiger partial charge is 0.403 e. The van der Waals surface area contributed by atoms with Gasteiger partial charge in [0.15, 0.2) is 0 Å². The maximum atomic E-state index is 12.3. The van der Waals surface area contributed by atoms with Crippen molar-refractivity contribution in [3.05, 3.63) is 59.1 Å². The third kappa shape index (κ3) is 4.34. The van der Waals surface area contributed by atoms with Crippen LogP contribution >= 0.6 is 11.6 Å². The summed E-state index contributed by atoms with van der Waals surface area (Å²) in [5.74, 6) is 0.158. The maximum absolute atomic E-state index is 12.3. The van der Waals surface area contributed by atoms with Crippen LogP contribution in [0.2, 0.25) is 5.02 Å². The number of carbonyl (C=O) groups is 1. The molecular formula is C21H21ClN4O2. The van der Waals surface area contributed by atoms with Crippen LogP contribution in [-0.4, -0.2) is 22.1 Å². The fourth-order valence-electron chi connectivity index (χ4n) is 3.37.